The van der Waals surface area contributed by atoms with E-state index in [1.807, 2.05) is 18.2 Å². The first-order valence-electron chi connectivity index (χ1n) is 10.8. The molecule has 4 aromatic carbocycles. The van der Waals surface area contributed by atoms with Crippen LogP contribution in [0.4, 0.5) is 0 Å². The van der Waals surface area contributed by atoms with Gasteiger partial charge in [-0.2, -0.15) is 10.5 Å². The van der Waals surface area contributed by atoms with Crippen molar-refractivity contribution in [3.63, 3.8) is 0 Å². The number of fused-ring (bicyclic) bond motifs is 6. The van der Waals surface area contributed by atoms with Crippen LogP contribution >= 0.6 is 15.9 Å². The van der Waals surface area contributed by atoms with Gasteiger partial charge in [0.25, 0.3) is 0 Å². The number of nitrogens with one attached hydrogen (secondary N) is 1. The third-order valence-electron chi connectivity index (χ3n) is 6.22. The van der Waals surface area contributed by atoms with Crippen molar-refractivity contribution < 1.29 is 4.74 Å². The van der Waals surface area contributed by atoms with Crippen molar-refractivity contribution in [3.05, 3.63) is 70.2 Å². The second kappa shape index (κ2) is 7.62. The summed E-state index contributed by atoms with van der Waals surface area (Å²) in [5.41, 5.74) is 3.05. The zero-order valence-electron chi connectivity index (χ0n) is 17.5. The van der Waals surface area contributed by atoms with E-state index in [0.29, 0.717) is 28.4 Å². The van der Waals surface area contributed by atoms with Gasteiger partial charge in [0.05, 0.1) is 46.5 Å². The lowest BCUT2D eigenvalue weighted by molar-refractivity contribution is 0.300. The summed E-state index contributed by atoms with van der Waals surface area (Å²) < 4.78 is 7.04. The van der Waals surface area contributed by atoms with Gasteiger partial charge < -0.3 is 9.72 Å². The minimum absolute atomic E-state index is 0.417. The van der Waals surface area contributed by atoms with Gasteiger partial charge in [-0.1, -0.05) is 28.1 Å². The largest absolute Gasteiger partial charge is 0.493 e. The van der Waals surface area contributed by atoms with Gasteiger partial charge in [0.1, 0.15) is 11.6 Å². The summed E-state index contributed by atoms with van der Waals surface area (Å²) in [5, 5.41) is 23.4. The monoisotopic (exact) mass is 492 g/mol. The summed E-state index contributed by atoms with van der Waals surface area (Å²) in [6.07, 6.45) is 2.49. The molecule has 0 unspecified atom stereocenters. The quantitative estimate of drug-likeness (QED) is 0.278. The molecule has 33 heavy (non-hydrogen) atoms. The predicted molar refractivity (Wildman–Crippen MR) is 132 cm³/mol. The van der Waals surface area contributed by atoms with Crippen LogP contribution in [0.1, 0.15) is 24.0 Å². The number of ether oxygens (including phenoxy) is 1. The van der Waals surface area contributed by atoms with E-state index < -0.39 is 0 Å². The lowest BCUT2D eigenvalue weighted by Gasteiger charge is -2.10. The standard InChI is InChI=1S/C27H17BrN4O/c28-18-6-8-20-22(10-18)23-11-19(33-14-15-4-5-15)7-9-21(23)26-25(20)31-27(32-26)24-16(12-29)2-1-3-17(24)13-30/h1-3,6-11,15H,4-5,14H2,(H,31,32). The van der Waals surface area contributed by atoms with Crippen LogP contribution in [0.5, 0.6) is 5.75 Å². The van der Waals surface area contributed by atoms with E-state index in [9.17, 15) is 10.5 Å². The Morgan fingerprint density at radius 2 is 1.67 bits per heavy atom. The van der Waals surface area contributed by atoms with Gasteiger partial charge in [-0.15, -0.1) is 0 Å². The molecular weight excluding hydrogens is 476 g/mol. The van der Waals surface area contributed by atoms with E-state index in [1.165, 1.54) is 12.8 Å². The highest BCUT2D eigenvalue weighted by Crippen LogP contribution is 2.39. The van der Waals surface area contributed by atoms with E-state index in [-0.39, 0.29) is 0 Å². The van der Waals surface area contributed by atoms with Crippen molar-refractivity contribution in [1.82, 2.24) is 9.97 Å². The van der Waals surface area contributed by atoms with Gasteiger partial charge in [-0.25, -0.2) is 4.98 Å². The van der Waals surface area contributed by atoms with Crippen molar-refractivity contribution in [3.8, 4) is 29.3 Å². The van der Waals surface area contributed by atoms with Crippen molar-refractivity contribution in [2.45, 2.75) is 12.8 Å². The smallest absolute Gasteiger partial charge is 0.141 e. The molecule has 1 aromatic heterocycles. The number of aromatic amines is 1. The first-order valence-corrected chi connectivity index (χ1v) is 11.6. The summed E-state index contributed by atoms with van der Waals surface area (Å²) >= 11 is 3.61. The maximum Gasteiger partial charge on any atom is 0.141 e. The minimum Gasteiger partial charge on any atom is -0.493 e. The second-order valence-electron chi connectivity index (χ2n) is 8.41. The number of hydrogen-bond acceptors (Lipinski definition) is 4. The number of rotatable bonds is 4. The van der Waals surface area contributed by atoms with Crippen LogP contribution in [-0.4, -0.2) is 16.6 Å². The summed E-state index contributed by atoms with van der Waals surface area (Å²) in [7, 11) is 0. The Balaban J connectivity index is 1.65. The molecule has 158 valence electrons. The number of halogens is 1. The second-order valence-corrected chi connectivity index (χ2v) is 9.33. The first kappa shape index (κ1) is 19.8. The summed E-state index contributed by atoms with van der Waals surface area (Å²) in [4.78, 5) is 8.32. The molecule has 1 aliphatic rings. The van der Waals surface area contributed by atoms with Crippen molar-refractivity contribution in [2.75, 3.05) is 6.61 Å². The lowest BCUT2D eigenvalue weighted by Crippen LogP contribution is -1.98. The Morgan fingerprint density at radius 1 is 0.939 bits per heavy atom. The highest BCUT2D eigenvalue weighted by atomic mass is 79.9. The Kier molecular flexibility index (Phi) is 4.57. The van der Waals surface area contributed by atoms with Crippen LogP contribution < -0.4 is 4.74 Å². The van der Waals surface area contributed by atoms with E-state index >= 15 is 0 Å². The van der Waals surface area contributed by atoms with Gasteiger partial charge in [-0.05, 0) is 72.0 Å². The van der Waals surface area contributed by atoms with Crippen LogP contribution in [-0.2, 0) is 0 Å². The highest BCUT2D eigenvalue weighted by Gasteiger charge is 2.22. The lowest BCUT2D eigenvalue weighted by atomic mass is 10.00. The average molecular weight is 493 g/mol. The van der Waals surface area contributed by atoms with Crippen LogP contribution in [0.25, 0.3) is 44.0 Å². The number of nitrogens with zero attached hydrogens (tertiary/aromatic N) is 3. The molecule has 1 fully saturated rings. The molecule has 1 saturated carbocycles. The SMILES string of the molecule is N#Cc1cccc(C#N)c1-c1nc2c3ccc(OCC4CC4)cc3c3cc(Br)ccc3c2[nH]1. The zero-order valence-corrected chi connectivity index (χ0v) is 19.1. The van der Waals surface area contributed by atoms with E-state index in [1.54, 1.807) is 18.2 Å². The van der Waals surface area contributed by atoms with Gasteiger partial charge in [0.15, 0.2) is 0 Å². The summed E-state index contributed by atoms with van der Waals surface area (Å²) in [6, 6.07) is 21.8. The fourth-order valence-corrected chi connectivity index (χ4v) is 4.73. The maximum atomic E-state index is 9.65. The van der Waals surface area contributed by atoms with E-state index in [2.05, 4.69) is 51.3 Å². The molecule has 0 bridgehead atoms. The Labute approximate surface area is 198 Å². The molecular formula is C27H17BrN4O. The number of H-pyrrole nitrogens is 1. The molecule has 0 amide bonds. The fourth-order valence-electron chi connectivity index (χ4n) is 4.37. The molecule has 0 saturated heterocycles. The number of hydrogen-bond donors (Lipinski definition) is 1. The first-order chi connectivity index (χ1) is 16.2. The van der Waals surface area contributed by atoms with Crippen molar-refractivity contribution >= 4 is 48.5 Å². The Hall–Kier alpha value is -3.87. The summed E-state index contributed by atoms with van der Waals surface area (Å²) in [6.45, 7) is 0.754. The molecule has 6 rings (SSSR count). The molecule has 5 aromatic rings. The van der Waals surface area contributed by atoms with Crippen molar-refractivity contribution in [1.29, 1.82) is 10.5 Å². The highest BCUT2D eigenvalue weighted by molar-refractivity contribution is 9.10. The molecule has 0 atom stereocenters. The average Bonchev–Trinajstić information content (AvgIpc) is 3.58. The third-order valence-corrected chi connectivity index (χ3v) is 6.71. The molecule has 0 aliphatic heterocycles. The van der Waals surface area contributed by atoms with Crippen LogP contribution in [0, 0.1) is 28.6 Å². The third kappa shape index (κ3) is 3.31. The van der Waals surface area contributed by atoms with Crippen LogP contribution in [0.2, 0.25) is 0 Å². The molecule has 1 heterocycles. The normalized spacial score (nSPS) is 13.3. The Morgan fingerprint density at radius 3 is 2.39 bits per heavy atom. The topological polar surface area (TPSA) is 85.5 Å². The number of imidazole rings is 1. The van der Waals surface area contributed by atoms with E-state index in [4.69, 9.17) is 9.72 Å². The molecule has 5 nitrogen and oxygen atoms in total. The van der Waals surface area contributed by atoms with Gasteiger partial charge in [0.2, 0.25) is 0 Å². The molecule has 1 N–H and O–H groups in total. The Bertz CT molecular complexity index is 1640. The number of aromatic nitrogens is 2. The fraction of sp³-hybridized carbons (Fsp3) is 0.148. The minimum atomic E-state index is 0.417. The van der Waals surface area contributed by atoms with E-state index in [0.717, 1.165) is 49.4 Å². The summed E-state index contributed by atoms with van der Waals surface area (Å²) in [5.74, 6) is 2.05. The van der Waals surface area contributed by atoms with Gasteiger partial charge in [-0.3, -0.25) is 0 Å². The molecule has 0 spiro atoms. The predicted octanol–water partition coefficient (Wildman–Crippen LogP) is 6.83. The maximum absolute atomic E-state index is 9.65. The number of benzene rings is 4. The zero-order chi connectivity index (χ0) is 22.5. The van der Waals surface area contributed by atoms with Gasteiger partial charge >= 0.3 is 0 Å². The van der Waals surface area contributed by atoms with Crippen molar-refractivity contribution in [2.24, 2.45) is 5.92 Å². The molecule has 1 aliphatic carbocycles. The van der Waals surface area contributed by atoms with Gasteiger partial charge in [0, 0.05) is 15.2 Å². The molecule has 0 radical (unpaired) electrons. The number of nitriles is 2. The molecule has 6 heteroatoms. The van der Waals surface area contributed by atoms with Crippen LogP contribution in [0.3, 0.4) is 0 Å². The van der Waals surface area contributed by atoms with Crippen LogP contribution in [0.15, 0.2) is 59.1 Å².